The van der Waals surface area contributed by atoms with Gasteiger partial charge in [-0.25, -0.2) is 0 Å². The van der Waals surface area contributed by atoms with Gasteiger partial charge < -0.3 is 9.64 Å². The molecule has 0 unspecified atom stereocenters. The first-order valence-corrected chi connectivity index (χ1v) is 10.2. The van der Waals surface area contributed by atoms with Crippen LogP contribution in [0.2, 0.25) is 0 Å². The van der Waals surface area contributed by atoms with Crippen LogP contribution in [0.3, 0.4) is 0 Å². The number of unbranched alkanes of at least 4 members (excludes halogenated alkanes) is 2. The van der Waals surface area contributed by atoms with Gasteiger partial charge in [-0.3, -0.25) is 9.79 Å². The largest absolute Gasteiger partial charge is 0.497 e. The molecule has 7 heteroatoms. The lowest BCUT2D eigenvalue weighted by Gasteiger charge is -2.21. The maximum absolute atomic E-state index is 12.6. The molecule has 30 heavy (non-hydrogen) atoms. The second kappa shape index (κ2) is 8.90. The van der Waals surface area contributed by atoms with Gasteiger partial charge in [0.05, 0.1) is 25.0 Å². The Kier molecular flexibility index (Phi) is 5.88. The molecule has 2 heterocycles. The highest BCUT2D eigenvalue weighted by Crippen LogP contribution is 2.26. The predicted molar refractivity (Wildman–Crippen MR) is 118 cm³/mol. The van der Waals surface area contributed by atoms with Crippen LogP contribution in [0.25, 0.3) is 22.4 Å². The molecule has 1 aliphatic rings. The first kappa shape index (κ1) is 19.8. The number of methoxy groups -OCH3 is 1. The van der Waals surface area contributed by atoms with Gasteiger partial charge in [0, 0.05) is 30.5 Å². The standard InChI is InChI=1S/C23H25N5O2/c1-3-4-5-10-23(29)27-14-13-24-21(16-27)18-8-6-7-9-22(18)28-25-19-12-11-17(30-2)15-20(19)26-28/h6-9,11-13,15-16H,3-5,10,14H2,1-2H3. The lowest BCUT2D eigenvalue weighted by Crippen LogP contribution is -2.29. The molecule has 0 radical (unpaired) electrons. The van der Waals surface area contributed by atoms with E-state index in [0.717, 1.165) is 53.0 Å². The molecule has 7 nitrogen and oxygen atoms in total. The van der Waals surface area contributed by atoms with Crippen LogP contribution in [0, 0.1) is 0 Å². The molecule has 0 bridgehead atoms. The number of carbonyl (C=O) groups excluding carboxylic acids is 1. The number of aromatic nitrogens is 3. The minimum Gasteiger partial charge on any atom is -0.497 e. The lowest BCUT2D eigenvalue weighted by molar-refractivity contribution is -0.128. The Hall–Kier alpha value is -3.48. The number of hydrogen-bond donors (Lipinski definition) is 0. The lowest BCUT2D eigenvalue weighted by atomic mass is 10.1. The summed E-state index contributed by atoms with van der Waals surface area (Å²) in [6.07, 6.45) is 7.24. The number of fused-ring (bicyclic) bond motifs is 1. The predicted octanol–water partition coefficient (Wildman–Crippen LogP) is 4.22. The van der Waals surface area contributed by atoms with Crippen LogP contribution < -0.4 is 4.74 Å². The fourth-order valence-corrected chi connectivity index (χ4v) is 3.44. The summed E-state index contributed by atoms with van der Waals surface area (Å²) in [4.78, 5) is 20.5. The summed E-state index contributed by atoms with van der Waals surface area (Å²) in [5.74, 6) is 0.860. The van der Waals surface area contributed by atoms with Crippen molar-refractivity contribution in [2.45, 2.75) is 32.6 Å². The first-order chi connectivity index (χ1) is 14.7. The molecule has 0 atom stereocenters. The van der Waals surface area contributed by atoms with Gasteiger partial charge in [-0.2, -0.15) is 0 Å². The third kappa shape index (κ3) is 4.10. The van der Waals surface area contributed by atoms with Crippen LogP contribution in [0.5, 0.6) is 5.75 Å². The quantitative estimate of drug-likeness (QED) is 0.554. The van der Waals surface area contributed by atoms with E-state index >= 15 is 0 Å². The summed E-state index contributed by atoms with van der Waals surface area (Å²) in [7, 11) is 1.63. The number of carbonyl (C=O) groups is 1. The van der Waals surface area contributed by atoms with E-state index in [1.165, 1.54) is 0 Å². The third-order valence-corrected chi connectivity index (χ3v) is 5.08. The van der Waals surface area contributed by atoms with E-state index in [2.05, 4.69) is 22.1 Å². The summed E-state index contributed by atoms with van der Waals surface area (Å²) in [6, 6.07) is 13.4. The van der Waals surface area contributed by atoms with Crippen LogP contribution in [0.15, 0.2) is 53.7 Å². The Morgan fingerprint density at radius 3 is 2.77 bits per heavy atom. The topological polar surface area (TPSA) is 72.6 Å². The Morgan fingerprint density at radius 2 is 1.93 bits per heavy atom. The van der Waals surface area contributed by atoms with Crippen molar-refractivity contribution in [3.8, 4) is 11.4 Å². The number of ether oxygens (including phenoxy) is 1. The molecule has 4 rings (SSSR count). The van der Waals surface area contributed by atoms with E-state index in [9.17, 15) is 4.79 Å². The molecule has 1 aromatic heterocycles. The normalized spacial score (nSPS) is 13.5. The first-order valence-electron chi connectivity index (χ1n) is 10.2. The highest BCUT2D eigenvalue weighted by atomic mass is 16.5. The molecular weight excluding hydrogens is 378 g/mol. The highest BCUT2D eigenvalue weighted by molar-refractivity contribution is 5.87. The van der Waals surface area contributed by atoms with Gasteiger partial charge in [-0.05, 0) is 24.6 Å². The van der Waals surface area contributed by atoms with Gasteiger partial charge in [-0.15, -0.1) is 15.0 Å². The van der Waals surface area contributed by atoms with Gasteiger partial charge >= 0.3 is 0 Å². The molecule has 2 aromatic carbocycles. The summed E-state index contributed by atoms with van der Waals surface area (Å²) >= 11 is 0. The van der Waals surface area contributed by atoms with E-state index in [0.29, 0.717) is 13.0 Å². The molecule has 0 saturated heterocycles. The fourth-order valence-electron chi connectivity index (χ4n) is 3.44. The Balaban J connectivity index is 1.66. The molecule has 0 aliphatic carbocycles. The second-order valence-corrected chi connectivity index (χ2v) is 7.19. The van der Waals surface area contributed by atoms with Crippen LogP contribution in [-0.2, 0) is 4.79 Å². The zero-order valence-corrected chi connectivity index (χ0v) is 17.3. The molecule has 0 saturated carbocycles. The zero-order chi connectivity index (χ0) is 20.9. The SMILES string of the molecule is CCCCCC(=O)N1C=C(c2ccccc2-n2nc3ccc(OC)cc3n2)N=CC1. The summed E-state index contributed by atoms with van der Waals surface area (Å²) in [6.45, 7) is 2.64. The molecule has 1 amide bonds. The van der Waals surface area contributed by atoms with Crippen LogP contribution >= 0.6 is 0 Å². The monoisotopic (exact) mass is 403 g/mol. The smallest absolute Gasteiger partial charge is 0.226 e. The number of nitrogens with zero attached hydrogens (tertiary/aromatic N) is 5. The zero-order valence-electron chi connectivity index (χ0n) is 17.3. The summed E-state index contributed by atoms with van der Waals surface area (Å²) in [5.41, 5.74) is 3.92. The molecule has 0 spiro atoms. The third-order valence-electron chi connectivity index (χ3n) is 5.08. The number of benzene rings is 2. The van der Waals surface area contributed by atoms with E-state index in [4.69, 9.17) is 4.74 Å². The van der Waals surface area contributed by atoms with Gasteiger partial charge in [0.1, 0.15) is 16.8 Å². The molecule has 0 N–H and O–H groups in total. The molecular formula is C23H25N5O2. The number of para-hydroxylation sites is 1. The van der Waals surface area contributed by atoms with E-state index in [-0.39, 0.29) is 5.91 Å². The van der Waals surface area contributed by atoms with Crippen molar-refractivity contribution in [1.29, 1.82) is 0 Å². The van der Waals surface area contributed by atoms with Crippen molar-refractivity contribution >= 4 is 28.9 Å². The summed E-state index contributed by atoms with van der Waals surface area (Å²) < 4.78 is 5.28. The van der Waals surface area contributed by atoms with Crippen molar-refractivity contribution in [2.75, 3.05) is 13.7 Å². The van der Waals surface area contributed by atoms with E-state index in [1.54, 1.807) is 23.0 Å². The van der Waals surface area contributed by atoms with Crippen molar-refractivity contribution in [2.24, 2.45) is 4.99 Å². The highest BCUT2D eigenvalue weighted by Gasteiger charge is 2.18. The number of amides is 1. The van der Waals surface area contributed by atoms with Crippen molar-refractivity contribution in [3.05, 3.63) is 54.2 Å². The van der Waals surface area contributed by atoms with E-state index < -0.39 is 0 Å². The molecule has 3 aromatic rings. The van der Waals surface area contributed by atoms with Gasteiger partial charge in [0.15, 0.2) is 0 Å². The van der Waals surface area contributed by atoms with Gasteiger partial charge in [0.2, 0.25) is 5.91 Å². The summed E-state index contributed by atoms with van der Waals surface area (Å²) in [5, 5.41) is 9.23. The second-order valence-electron chi connectivity index (χ2n) is 7.19. The fraction of sp³-hybridized carbons (Fsp3) is 0.304. The van der Waals surface area contributed by atoms with Gasteiger partial charge in [0.25, 0.3) is 0 Å². The number of rotatable bonds is 7. The minimum absolute atomic E-state index is 0.125. The van der Waals surface area contributed by atoms with Crippen LogP contribution in [0.1, 0.15) is 38.2 Å². The van der Waals surface area contributed by atoms with E-state index in [1.807, 2.05) is 48.7 Å². The Bertz CT molecular complexity index is 1120. The maximum atomic E-state index is 12.6. The molecule has 1 aliphatic heterocycles. The van der Waals surface area contributed by atoms with Crippen LogP contribution in [-0.4, -0.2) is 45.7 Å². The van der Waals surface area contributed by atoms with Gasteiger partial charge in [-0.1, -0.05) is 38.0 Å². The van der Waals surface area contributed by atoms with Crippen molar-refractivity contribution < 1.29 is 9.53 Å². The van der Waals surface area contributed by atoms with Crippen LogP contribution in [0.4, 0.5) is 0 Å². The maximum Gasteiger partial charge on any atom is 0.226 e. The molecule has 0 fully saturated rings. The number of aliphatic imine (C=N–C) groups is 1. The number of hydrogen-bond acceptors (Lipinski definition) is 5. The molecule has 154 valence electrons. The van der Waals surface area contributed by atoms with Crippen molar-refractivity contribution in [3.63, 3.8) is 0 Å². The van der Waals surface area contributed by atoms with Crippen molar-refractivity contribution in [1.82, 2.24) is 19.9 Å². The minimum atomic E-state index is 0.125. The average Bonchev–Trinajstić information content (AvgIpc) is 3.22. The Morgan fingerprint density at radius 1 is 1.10 bits per heavy atom. The average molecular weight is 403 g/mol. The Labute approximate surface area is 175 Å².